The summed E-state index contributed by atoms with van der Waals surface area (Å²) in [6.45, 7) is 13.7. The van der Waals surface area contributed by atoms with Crippen molar-refractivity contribution >= 4 is 11.9 Å². The zero-order chi connectivity index (χ0) is 17.7. The van der Waals surface area contributed by atoms with E-state index in [2.05, 4.69) is 18.7 Å². The summed E-state index contributed by atoms with van der Waals surface area (Å²) >= 11 is 0. The van der Waals surface area contributed by atoms with Gasteiger partial charge < -0.3 is 14.7 Å². The van der Waals surface area contributed by atoms with Gasteiger partial charge in [-0.15, -0.1) is 0 Å². The summed E-state index contributed by atoms with van der Waals surface area (Å²) < 4.78 is 0. The molecule has 1 atom stereocenters. The van der Waals surface area contributed by atoms with Gasteiger partial charge in [-0.3, -0.25) is 9.69 Å². The number of urea groups is 1. The van der Waals surface area contributed by atoms with Crippen LogP contribution in [-0.2, 0) is 4.79 Å². The molecule has 138 valence electrons. The molecule has 2 saturated heterocycles. The van der Waals surface area contributed by atoms with Crippen molar-refractivity contribution in [2.24, 2.45) is 0 Å². The molecule has 2 heterocycles. The van der Waals surface area contributed by atoms with Gasteiger partial charge in [0.1, 0.15) is 0 Å². The van der Waals surface area contributed by atoms with Crippen molar-refractivity contribution in [1.29, 1.82) is 0 Å². The van der Waals surface area contributed by atoms with E-state index < -0.39 is 0 Å². The van der Waals surface area contributed by atoms with Crippen LogP contribution in [0.15, 0.2) is 0 Å². The van der Waals surface area contributed by atoms with Crippen LogP contribution in [0.5, 0.6) is 0 Å². The molecule has 6 nitrogen and oxygen atoms in total. The number of piperazine rings is 1. The average molecular weight is 338 g/mol. The molecule has 0 saturated carbocycles. The highest BCUT2D eigenvalue weighted by Crippen LogP contribution is 2.15. The van der Waals surface area contributed by atoms with Crippen LogP contribution in [0.4, 0.5) is 4.79 Å². The van der Waals surface area contributed by atoms with Crippen molar-refractivity contribution in [3.8, 4) is 0 Å². The topological polar surface area (TPSA) is 47.1 Å². The minimum absolute atomic E-state index is 0.0762. The first-order valence-electron chi connectivity index (χ1n) is 9.54. The van der Waals surface area contributed by atoms with Crippen molar-refractivity contribution in [3.05, 3.63) is 0 Å². The number of carbonyl (C=O) groups is 2. The number of nitrogens with zero attached hydrogens (tertiary/aromatic N) is 4. The predicted molar refractivity (Wildman–Crippen MR) is 96.0 cm³/mol. The van der Waals surface area contributed by atoms with E-state index in [-0.39, 0.29) is 24.0 Å². The predicted octanol–water partition coefficient (Wildman–Crippen LogP) is 1.86. The number of hydrogen-bond acceptors (Lipinski definition) is 3. The summed E-state index contributed by atoms with van der Waals surface area (Å²) in [7, 11) is 0. The fourth-order valence-corrected chi connectivity index (χ4v) is 3.74. The van der Waals surface area contributed by atoms with Crippen LogP contribution in [-0.4, -0.2) is 89.4 Å². The Morgan fingerprint density at radius 2 is 1.46 bits per heavy atom. The summed E-state index contributed by atoms with van der Waals surface area (Å²) in [6, 6.07) is 0.273. The van der Waals surface area contributed by atoms with E-state index in [1.807, 2.05) is 28.5 Å². The largest absolute Gasteiger partial charge is 0.341 e. The Labute approximate surface area is 146 Å². The van der Waals surface area contributed by atoms with Gasteiger partial charge in [-0.25, -0.2) is 4.79 Å². The molecule has 2 aliphatic rings. The number of rotatable bonds is 4. The summed E-state index contributed by atoms with van der Waals surface area (Å²) in [4.78, 5) is 33.3. The van der Waals surface area contributed by atoms with Gasteiger partial charge in [-0.05, 0) is 47.0 Å². The van der Waals surface area contributed by atoms with Crippen LogP contribution in [0.2, 0.25) is 0 Å². The van der Waals surface area contributed by atoms with E-state index in [0.717, 1.165) is 45.6 Å². The molecule has 2 fully saturated rings. The second-order valence-corrected chi connectivity index (χ2v) is 7.25. The normalized spacial score (nSPS) is 21.0. The lowest BCUT2D eigenvalue weighted by Gasteiger charge is -2.41. The van der Waals surface area contributed by atoms with Gasteiger partial charge >= 0.3 is 6.03 Å². The average Bonchev–Trinajstić information content (AvgIpc) is 2.61. The number of likely N-dealkylation sites (tertiary alicyclic amines) is 1. The maximum absolute atomic E-state index is 12.7. The molecule has 2 rings (SSSR count). The van der Waals surface area contributed by atoms with E-state index in [4.69, 9.17) is 0 Å². The highest BCUT2D eigenvalue weighted by atomic mass is 16.2. The monoisotopic (exact) mass is 338 g/mol. The van der Waals surface area contributed by atoms with Crippen LogP contribution in [0.1, 0.15) is 47.0 Å². The smallest absolute Gasteiger partial charge is 0.320 e. The summed E-state index contributed by atoms with van der Waals surface area (Å²) in [6.07, 6.45) is 3.49. The lowest BCUT2D eigenvalue weighted by molar-refractivity contribution is -0.137. The molecule has 1 unspecified atom stereocenters. The second-order valence-electron chi connectivity index (χ2n) is 7.25. The first-order valence-corrected chi connectivity index (χ1v) is 9.54. The molecule has 24 heavy (non-hydrogen) atoms. The lowest BCUT2D eigenvalue weighted by Crippen LogP contribution is -2.58. The van der Waals surface area contributed by atoms with Crippen molar-refractivity contribution in [1.82, 2.24) is 19.6 Å². The molecule has 6 heteroatoms. The van der Waals surface area contributed by atoms with Gasteiger partial charge in [0.25, 0.3) is 0 Å². The maximum Gasteiger partial charge on any atom is 0.320 e. The Bertz CT molecular complexity index is 427. The van der Waals surface area contributed by atoms with E-state index in [9.17, 15) is 9.59 Å². The van der Waals surface area contributed by atoms with E-state index in [0.29, 0.717) is 13.1 Å². The summed E-state index contributed by atoms with van der Waals surface area (Å²) in [5, 5.41) is 0. The maximum atomic E-state index is 12.7. The molecule has 2 aliphatic heterocycles. The Morgan fingerprint density at radius 1 is 0.875 bits per heavy atom. The number of hydrogen-bond donors (Lipinski definition) is 0. The molecule has 3 amide bonds. The quantitative estimate of drug-likeness (QED) is 0.786. The number of amides is 3. The van der Waals surface area contributed by atoms with Gasteiger partial charge in [0.2, 0.25) is 5.91 Å². The standard InChI is InChI=1S/C18H34N4O2/c1-5-22(15(2)3)18(24)21-13-11-19(12-14-21)16(4)17(23)20-9-7-6-8-10-20/h15-16H,5-14H2,1-4H3. The Morgan fingerprint density at radius 3 is 1.96 bits per heavy atom. The SMILES string of the molecule is CCN(C(=O)N1CCN(C(C)C(=O)N2CCCCC2)CC1)C(C)C. The van der Waals surface area contributed by atoms with Gasteiger partial charge in [0.05, 0.1) is 6.04 Å². The lowest BCUT2D eigenvalue weighted by atomic mass is 10.1. The highest BCUT2D eigenvalue weighted by Gasteiger charge is 2.31. The van der Waals surface area contributed by atoms with Gasteiger partial charge in [0, 0.05) is 51.9 Å². The zero-order valence-electron chi connectivity index (χ0n) is 15.8. The van der Waals surface area contributed by atoms with Crippen LogP contribution in [0.3, 0.4) is 0 Å². The first-order chi connectivity index (χ1) is 11.5. The van der Waals surface area contributed by atoms with Gasteiger partial charge in [0.15, 0.2) is 0 Å². The van der Waals surface area contributed by atoms with Crippen molar-refractivity contribution in [3.63, 3.8) is 0 Å². The molecule has 0 bridgehead atoms. The van der Waals surface area contributed by atoms with Crippen LogP contribution in [0.25, 0.3) is 0 Å². The van der Waals surface area contributed by atoms with Crippen LogP contribution < -0.4 is 0 Å². The Hall–Kier alpha value is -1.30. The third kappa shape index (κ3) is 4.41. The summed E-state index contributed by atoms with van der Waals surface area (Å²) in [5.74, 6) is 0.256. The number of piperidine rings is 1. The van der Waals surface area contributed by atoms with E-state index in [1.165, 1.54) is 6.42 Å². The fourth-order valence-electron chi connectivity index (χ4n) is 3.74. The van der Waals surface area contributed by atoms with Gasteiger partial charge in [-0.1, -0.05) is 0 Å². The Kier molecular flexibility index (Phi) is 6.90. The number of carbonyl (C=O) groups excluding carboxylic acids is 2. The molecule has 0 aromatic rings. The van der Waals surface area contributed by atoms with Crippen LogP contribution in [0, 0.1) is 0 Å². The molecule has 0 aromatic heterocycles. The molecule has 0 radical (unpaired) electrons. The highest BCUT2D eigenvalue weighted by molar-refractivity contribution is 5.81. The molecular formula is C18H34N4O2. The molecular weight excluding hydrogens is 304 g/mol. The first kappa shape index (κ1) is 19.0. The molecule has 0 spiro atoms. The van der Waals surface area contributed by atoms with Crippen molar-refractivity contribution in [2.75, 3.05) is 45.8 Å². The third-order valence-electron chi connectivity index (χ3n) is 5.37. The van der Waals surface area contributed by atoms with E-state index >= 15 is 0 Å². The van der Waals surface area contributed by atoms with E-state index in [1.54, 1.807) is 0 Å². The zero-order valence-corrected chi connectivity index (χ0v) is 15.8. The van der Waals surface area contributed by atoms with Crippen molar-refractivity contribution < 1.29 is 9.59 Å². The second kappa shape index (κ2) is 8.70. The van der Waals surface area contributed by atoms with Crippen LogP contribution >= 0.6 is 0 Å². The fraction of sp³-hybridized carbons (Fsp3) is 0.889. The minimum atomic E-state index is -0.0762. The van der Waals surface area contributed by atoms with Gasteiger partial charge in [-0.2, -0.15) is 0 Å². The molecule has 0 aromatic carbocycles. The molecule has 0 aliphatic carbocycles. The Balaban J connectivity index is 1.85. The summed E-state index contributed by atoms with van der Waals surface area (Å²) in [5.41, 5.74) is 0. The third-order valence-corrected chi connectivity index (χ3v) is 5.37. The van der Waals surface area contributed by atoms with Crippen molar-refractivity contribution in [2.45, 2.75) is 59.0 Å². The molecule has 0 N–H and O–H groups in total. The minimum Gasteiger partial charge on any atom is -0.341 e.